The molecule has 3 unspecified atom stereocenters. The Morgan fingerprint density at radius 2 is 2.11 bits per heavy atom. The molecule has 3 atom stereocenters. The highest BCUT2D eigenvalue weighted by atomic mass is 19.1. The van der Waals surface area contributed by atoms with Crippen molar-refractivity contribution in [1.82, 2.24) is 4.90 Å². The van der Waals surface area contributed by atoms with Crippen molar-refractivity contribution >= 4 is 0 Å². The summed E-state index contributed by atoms with van der Waals surface area (Å²) in [6, 6.07) is 7.63. The summed E-state index contributed by atoms with van der Waals surface area (Å²) >= 11 is 0. The summed E-state index contributed by atoms with van der Waals surface area (Å²) in [5, 5.41) is 0. The van der Waals surface area contributed by atoms with Gasteiger partial charge < -0.3 is 5.73 Å². The number of nitrogens with zero attached hydrogens (tertiary/aromatic N) is 1. The molecule has 0 saturated carbocycles. The molecule has 0 amide bonds. The van der Waals surface area contributed by atoms with Gasteiger partial charge in [0.1, 0.15) is 5.82 Å². The van der Waals surface area contributed by atoms with Gasteiger partial charge in [-0.3, -0.25) is 4.90 Å². The zero-order valence-electron chi connectivity index (χ0n) is 12.0. The number of likely N-dealkylation sites (tertiary alicyclic amines) is 1. The van der Waals surface area contributed by atoms with Crippen LogP contribution in [0.4, 0.5) is 4.39 Å². The van der Waals surface area contributed by atoms with Crippen molar-refractivity contribution in [1.29, 1.82) is 0 Å². The molecule has 0 aliphatic carbocycles. The predicted molar refractivity (Wildman–Crippen MR) is 77.4 cm³/mol. The normalized spacial score (nSPS) is 23.5. The fourth-order valence-corrected chi connectivity index (χ4v) is 3.26. The number of hydrogen-bond acceptors (Lipinski definition) is 2. The largest absolute Gasteiger partial charge is 0.326 e. The van der Waals surface area contributed by atoms with Crippen LogP contribution in [0.3, 0.4) is 0 Å². The molecule has 1 heterocycles. The molecule has 3 heteroatoms. The van der Waals surface area contributed by atoms with Crippen LogP contribution in [-0.4, -0.2) is 23.5 Å². The smallest absolute Gasteiger partial charge is 0.128 e. The summed E-state index contributed by atoms with van der Waals surface area (Å²) in [6.45, 7) is 5.32. The lowest BCUT2D eigenvalue weighted by Gasteiger charge is -2.36. The molecule has 2 rings (SSSR count). The van der Waals surface area contributed by atoms with Gasteiger partial charge in [0.25, 0.3) is 0 Å². The van der Waals surface area contributed by atoms with Crippen molar-refractivity contribution in [3.05, 3.63) is 35.6 Å². The minimum absolute atomic E-state index is 0.0101. The van der Waals surface area contributed by atoms with E-state index >= 15 is 0 Å². The van der Waals surface area contributed by atoms with E-state index < -0.39 is 0 Å². The summed E-state index contributed by atoms with van der Waals surface area (Å²) in [4.78, 5) is 2.42. The molecule has 1 saturated heterocycles. The Bertz CT molecular complexity index is 407. The molecule has 1 aromatic rings. The van der Waals surface area contributed by atoms with Gasteiger partial charge in [0.05, 0.1) is 6.04 Å². The summed E-state index contributed by atoms with van der Waals surface area (Å²) in [5.74, 6) is -0.127. The summed E-state index contributed by atoms with van der Waals surface area (Å²) in [5.41, 5.74) is 7.07. The number of rotatable bonds is 5. The lowest BCUT2D eigenvalue weighted by molar-refractivity contribution is 0.147. The quantitative estimate of drug-likeness (QED) is 0.882. The fraction of sp³-hybridized carbons (Fsp3) is 0.625. The van der Waals surface area contributed by atoms with Gasteiger partial charge in [-0.1, -0.05) is 32.0 Å². The molecule has 0 bridgehead atoms. The van der Waals surface area contributed by atoms with Crippen molar-refractivity contribution < 1.29 is 4.39 Å². The molecule has 1 aliphatic heterocycles. The molecule has 1 aromatic carbocycles. The van der Waals surface area contributed by atoms with E-state index in [0.29, 0.717) is 6.04 Å². The average Bonchev–Trinajstić information content (AvgIpc) is 2.89. The Balaban J connectivity index is 2.33. The molecule has 0 aromatic heterocycles. The number of benzene rings is 1. The third kappa shape index (κ3) is 2.98. The predicted octanol–water partition coefficient (Wildman–Crippen LogP) is 3.48. The van der Waals surface area contributed by atoms with E-state index in [0.717, 1.165) is 24.9 Å². The highest BCUT2D eigenvalue weighted by molar-refractivity contribution is 5.23. The second-order valence-corrected chi connectivity index (χ2v) is 5.48. The van der Waals surface area contributed by atoms with E-state index in [4.69, 9.17) is 5.73 Å². The topological polar surface area (TPSA) is 29.3 Å². The highest BCUT2D eigenvalue weighted by Gasteiger charge is 2.34. The molecule has 19 heavy (non-hydrogen) atoms. The zero-order chi connectivity index (χ0) is 13.8. The molecular weight excluding hydrogens is 239 g/mol. The first kappa shape index (κ1) is 14.5. The lowest BCUT2D eigenvalue weighted by Crippen LogP contribution is -2.43. The molecule has 0 radical (unpaired) electrons. The van der Waals surface area contributed by atoms with Gasteiger partial charge in [-0.25, -0.2) is 4.39 Å². The van der Waals surface area contributed by atoms with Crippen LogP contribution < -0.4 is 5.73 Å². The van der Waals surface area contributed by atoms with E-state index in [1.54, 1.807) is 12.1 Å². The Morgan fingerprint density at radius 1 is 1.37 bits per heavy atom. The minimum Gasteiger partial charge on any atom is -0.326 e. The second kappa shape index (κ2) is 6.49. The number of halogens is 1. The number of hydrogen-bond donors (Lipinski definition) is 1. The molecule has 2 nitrogen and oxygen atoms in total. The van der Waals surface area contributed by atoms with Gasteiger partial charge >= 0.3 is 0 Å². The van der Waals surface area contributed by atoms with Crippen molar-refractivity contribution in [3.63, 3.8) is 0 Å². The van der Waals surface area contributed by atoms with E-state index in [9.17, 15) is 4.39 Å². The Kier molecular flexibility index (Phi) is 4.94. The van der Waals surface area contributed by atoms with Crippen LogP contribution in [-0.2, 0) is 0 Å². The van der Waals surface area contributed by atoms with Crippen molar-refractivity contribution in [3.8, 4) is 0 Å². The zero-order valence-corrected chi connectivity index (χ0v) is 12.0. The second-order valence-electron chi connectivity index (χ2n) is 5.48. The van der Waals surface area contributed by atoms with Gasteiger partial charge in [0, 0.05) is 17.6 Å². The minimum atomic E-state index is -0.127. The van der Waals surface area contributed by atoms with Crippen LogP contribution in [0.5, 0.6) is 0 Å². The third-order valence-corrected chi connectivity index (χ3v) is 4.35. The first-order valence-electron chi connectivity index (χ1n) is 7.44. The standard InChI is InChI=1S/C16H25FN2/c1-3-12-8-7-11-19(12)16(15(18)4-2)13-9-5-6-10-14(13)17/h5-6,9-10,12,15-16H,3-4,7-8,11,18H2,1-2H3. The molecule has 1 fully saturated rings. The van der Waals surface area contributed by atoms with Crippen LogP contribution in [0.15, 0.2) is 24.3 Å². The average molecular weight is 264 g/mol. The van der Waals surface area contributed by atoms with Gasteiger partial charge in [0.2, 0.25) is 0 Å². The summed E-state index contributed by atoms with van der Waals surface area (Å²) < 4.78 is 14.1. The monoisotopic (exact) mass is 264 g/mol. The maximum absolute atomic E-state index is 14.1. The maximum atomic E-state index is 14.1. The molecule has 106 valence electrons. The molecule has 0 spiro atoms. The van der Waals surface area contributed by atoms with Crippen LogP contribution in [0.2, 0.25) is 0 Å². The van der Waals surface area contributed by atoms with E-state index in [1.165, 1.54) is 12.8 Å². The first-order valence-corrected chi connectivity index (χ1v) is 7.44. The van der Waals surface area contributed by atoms with E-state index in [-0.39, 0.29) is 17.9 Å². The van der Waals surface area contributed by atoms with Gasteiger partial charge in [-0.2, -0.15) is 0 Å². The van der Waals surface area contributed by atoms with Crippen molar-refractivity contribution in [2.45, 2.75) is 57.7 Å². The Hall–Kier alpha value is -0.930. The van der Waals surface area contributed by atoms with Gasteiger partial charge in [-0.05, 0) is 38.3 Å². The van der Waals surface area contributed by atoms with Crippen LogP contribution in [0, 0.1) is 5.82 Å². The maximum Gasteiger partial charge on any atom is 0.128 e. The van der Waals surface area contributed by atoms with Crippen molar-refractivity contribution in [2.75, 3.05) is 6.54 Å². The highest BCUT2D eigenvalue weighted by Crippen LogP contribution is 2.34. The fourth-order valence-electron chi connectivity index (χ4n) is 3.26. The Labute approximate surface area is 115 Å². The van der Waals surface area contributed by atoms with Crippen LogP contribution in [0.1, 0.15) is 51.1 Å². The summed E-state index contributed by atoms with van der Waals surface area (Å²) in [7, 11) is 0. The molecular formula is C16H25FN2. The SMILES string of the molecule is CCC(N)C(c1ccccc1F)N1CCCC1CC. The molecule has 2 N–H and O–H groups in total. The van der Waals surface area contributed by atoms with Crippen molar-refractivity contribution in [2.24, 2.45) is 5.73 Å². The molecule has 1 aliphatic rings. The number of nitrogens with two attached hydrogens (primary N) is 1. The third-order valence-electron chi connectivity index (χ3n) is 4.35. The summed E-state index contributed by atoms with van der Waals surface area (Å²) in [6.07, 6.45) is 4.38. The van der Waals surface area contributed by atoms with Crippen LogP contribution >= 0.6 is 0 Å². The van der Waals surface area contributed by atoms with E-state index in [1.807, 2.05) is 12.1 Å². The van der Waals surface area contributed by atoms with Gasteiger partial charge in [-0.15, -0.1) is 0 Å². The van der Waals surface area contributed by atoms with Gasteiger partial charge in [0.15, 0.2) is 0 Å². The lowest BCUT2D eigenvalue weighted by atomic mass is 9.94. The first-order chi connectivity index (χ1) is 9.19. The van der Waals surface area contributed by atoms with E-state index in [2.05, 4.69) is 18.7 Å². The Morgan fingerprint density at radius 3 is 2.74 bits per heavy atom. The van der Waals surface area contributed by atoms with Crippen LogP contribution in [0.25, 0.3) is 0 Å².